The van der Waals surface area contributed by atoms with Gasteiger partial charge in [0, 0.05) is 13.5 Å². The predicted octanol–water partition coefficient (Wildman–Crippen LogP) is 4.47. The number of hydrogen-bond donors (Lipinski definition) is 0. The largest absolute Gasteiger partial charge is 0.439 e. The summed E-state index contributed by atoms with van der Waals surface area (Å²) < 4.78 is 11.7. The fraction of sp³-hybridized carbons (Fsp3) is 0.333. The Balaban J connectivity index is 1.82. The highest BCUT2D eigenvalue weighted by Gasteiger charge is 2.59. The summed E-state index contributed by atoms with van der Waals surface area (Å²) in [7, 11) is 1.58. The molecule has 2 fully saturated rings. The molecule has 0 N–H and O–H groups in total. The number of methoxy groups -OCH3 is 1. The second kappa shape index (κ2) is 7.48. The maximum absolute atomic E-state index is 13.1. The molecule has 1 heterocycles. The maximum Gasteiger partial charge on any atom is 0.411 e. The van der Waals surface area contributed by atoms with Crippen LogP contribution in [0.15, 0.2) is 73.3 Å². The van der Waals surface area contributed by atoms with E-state index in [4.69, 9.17) is 9.47 Å². The van der Waals surface area contributed by atoms with E-state index in [1.807, 2.05) is 67.6 Å². The van der Waals surface area contributed by atoms with Crippen molar-refractivity contribution in [2.75, 3.05) is 7.11 Å². The van der Waals surface area contributed by atoms with Crippen molar-refractivity contribution in [3.8, 4) is 0 Å². The number of cyclic esters (lactones) is 1. The van der Waals surface area contributed by atoms with E-state index in [9.17, 15) is 9.59 Å². The molecule has 2 aromatic carbocycles. The third-order valence-corrected chi connectivity index (χ3v) is 6.33. The van der Waals surface area contributed by atoms with E-state index >= 15 is 0 Å². The SMILES string of the molecule is C=CC1C(=O)C[C@H](N2C(=O)O[C@H](c3ccccc3)[C@@H]2c2ccccc2)[C@@]1(C)OC. The third kappa shape index (κ3) is 3.06. The van der Waals surface area contributed by atoms with Crippen molar-refractivity contribution >= 4 is 11.9 Å². The van der Waals surface area contributed by atoms with Gasteiger partial charge in [-0.25, -0.2) is 4.79 Å². The lowest BCUT2D eigenvalue weighted by molar-refractivity contribution is -0.123. The van der Waals surface area contributed by atoms with E-state index in [0.717, 1.165) is 11.1 Å². The molecule has 0 radical (unpaired) electrons. The van der Waals surface area contributed by atoms with Gasteiger partial charge in [-0.2, -0.15) is 0 Å². The summed E-state index contributed by atoms with van der Waals surface area (Å²) in [6, 6.07) is 18.7. The highest BCUT2D eigenvalue weighted by atomic mass is 16.6. The zero-order chi connectivity index (χ0) is 20.6. The van der Waals surface area contributed by atoms with Crippen LogP contribution < -0.4 is 0 Å². The molecule has 1 saturated carbocycles. The Labute approximate surface area is 170 Å². The predicted molar refractivity (Wildman–Crippen MR) is 109 cm³/mol. The molecule has 5 nitrogen and oxygen atoms in total. The number of Topliss-reactive ketones (excluding diaryl/α,β-unsaturated/α-hetero) is 1. The average Bonchev–Trinajstić information content (AvgIpc) is 3.22. The number of rotatable bonds is 5. The summed E-state index contributed by atoms with van der Waals surface area (Å²) >= 11 is 0. The molecule has 1 saturated heterocycles. The van der Waals surface area contributed by atoms with Gasteiger partial charge in [0.2, 0.25) is 0 Å². The van der Waals surface area contributed by atoms with E-state index in [1.165, 1.54) is 0 Å². The van der Waals surface area contributed by atoms with Crippen molar-refractivity contribution < 1.29 is 19.1 Å². The first-order valence-electron chi connectivity index (χ1n) is 9.80. The molecular formula is C24H25NO4. The summed E-state index contributed by atoms with van der Waals surface area (Å²) in [5.41, 5.74) is 1.01. The van der Waals surface area contributed by atoms with Crippen molar-refractivity contribution in [1.82, 2.24) is 4.90 Å². The van der Waals surface area contributed by atoms with Crippen LogP contribution in [-0.2, 0) is 14.3 Å². The molecule has 1 aliphatic heterocycles. The molecule has 5 heteroatoms. The van der Waals surface area contributed by atoms with Gasteiger partial charge in [0.05, 0.1) is 17.6 Å². The van der Waals surface area contributed by atoms with Crippen LogP contribution >= 0.6 is 0 Å². The number of ether oxygens (including phenoxy) is 2. The minimum atomic E-state index is -0.865. The van der Waals surface area contributed by atoms with E-state index in [2.05, 4.69) is 6.58 Å². The number of hydrogen-bond acceptors (Lipinski definition) is 4. The van der Waals surface area contributed by atoms with Crippen LogP contribution in [-0.4, -0.2) is 35.5 Å². The van der Waals surface area contributed by atoms with Crippen LogP contribution in [0.2, 0.25) is 0 Å². The highest BCUT2D eigenvalue weighted by Crippen LogP contribution is 2.50. The zero-order valence-corrected chi connectivity index (χ0v) is 16.7. The van der Waals surface area contributed by atoms with Crippen LogP contribution in [0.25, 0.3) is 0 Å². The summed E-state index contributed by atoms with van der Waals surface area (Å²) in [5, 5.41) is 0. The minimum Gasteiger partial charge on any atom is -0.439 e. The molecule has 29 heavy (non-hydrogen) atoms. The Bertz CT molecular complexity index is 913. The highest BCUT2D eigenvalue weighted by molar-refractivity contribution is 5.89. The number of benzene rings is 2. The fourth-order valence-electron chi connectivity index (χ4n) is 4.74. The average molecular weight is 391 g/mol. The molecule has 5 atom stereocenters. The summed E-state index contributed by atoms with van der Waals surface area (Å²) in [4.78, 5) is 27.6. The van der Waals surface area contributed by atoms with E-state index < -0.39 is 29.8 Å². The molecule has 4 rings (SSSR count). The van der Waals surface area contributed by atoms with Crippen molar-refractivity contribution in [2.24, 2.45) is 5.92 Å². The smallest absolute Gasteiger partial charge is 0.411 e. The van der Waals surface area contributed by atoms with E-state index in [1.54, 1.807) is 18.1 Å². The Kier molecular flexibility index (Phi) is 5.01. The van der Waals surface area contributed by atoms with Crippen LogP contribution in [0, 0.1) is 5.92 Å². The first-order chi connectivity index (χ1) is 14.0. The quantitative estimate of drug-likeness (QED) is 0.706. The summed E-state index contributed by atoms with van der Waals surface area (Å²) in [6.07, 6.45) is 0.934. The van der Waals surface area contributed by atoms with Gasteiger partial charge in [-0.3, -0.25) is 9.69 Å². The standard InChI is InChI=1S/C24H25NO4/c1-4-18-19(26)15-20(24(18,2)28-3)25-21(16-11-7-5-8-12-16)22(29-23(25)27)17-13-9-6-10-14-17/h4-14,18,20-22H,1,15H2,2-3H3/t18?,20-,21-,22+,24-/m0/s1. The Morgan fingerprint density at radius 2 is 1.66 bits per heavy atom. The first kappa shape index (κ1) is 19.4. The van der Waals surface area contributed by atoms with Crippen molar-refractivity contribution in [3.05, 3.63) is 84.4 Å². The van der Waals surface area contributed by atoms with Crippen LogP contribution in [0.1, 0.15) is 36.6 Å². The third-order valence-electron chi connectivity index (χ3n) is 6.33. The van der Waals surface area contributed by atoms with Gasteiger partial charge in [0.25, 0.3) is 0 Å². The second-order valence-corrected chi connectivity index (χ2v) is 7.77. The summed E-state index contributed by atoms with van der Waals surface area (Å²) in [5.74, 6) is -0.449. The van der Waals surface area contributed by atoms with Gasteiger partial charge < -0.3 is 9.47 Å². The number of ketones is 1. The van der Waals surface area contributed by atoms with Crippen molar-refractivity contribution in [3.63, 3.8) is 0 Å². The number of carbonyl (C=O) groups excluding carboxylic acids is 2. The van der Waals surface area contributed by atoms with Gasteiger partial charge in [0.15, 0.2) is 6.10 Å². The molecule has 0 bridgehead atoms. The molecule has 2 aromatic rings. The van der Waals surface area contributed by atoms with Crippen LogP contribution in [0.4, 0.5) is 4.79 Å². The number of nitrogens with zero attached hydrogens (tertiary/aromatic N) is 1. The van der Waals surface area contributed by atoms with Gasteiger partial charge in [-0.05, 0) is 18.1 Å². The summed E-state index contributed by atoms with van der Waals surface area (Å²) in [6.45, 7) is 5.70. The second-order valence-electron chi connectivity index (χ2n) is 7.77. The topological polar surface area (TPSA) is 55.8 Å². The number of carbonyl (C=O) groups is 2. The van der Waals surface area contributed by atoms with Gasteiger partial charge in [0.1, 0.15) is 11.8 Å². The lowest BCUT2D eigenvalue weighted by atomic mass is 9.87. The molecule has 1 aliphatic carbocycles. The normalized spacial score (nSPS) is 31.7. The lowest BCUT2D eigenvalue weighted by Gasteiger charge is -2.40. The molecule has 150 valence electrons. The molecule has 0 spiro atoms. The van der Waals surface area contributed by atoms with E-state index in [-0.39, 0.29) is 18.2 Å². The maximum atomic E-state index is 13.1. The van der Waals surface area contributed by atoms with Crippen LogP contribution in [0.3, 0.4) is 0 Å². The molecular weight excluding hydrogens is 366 g/mol. The minimum absolute atomic E-state index is 0.0251. The Morgan fingerprint density at radius 1 is 1.07 bits per heavy atom. The van der Waals surface area contributed by atoms with Crippen molar-refractivity contribution in [1.29, 1.82) is 0 Å². The monoisotopic (exact) mass is 391 g/mol. The van der Waals surface area contributed by atoms with Crippen LogP contribution in [0.5, 0.6) is 0 Å². The first-order valence-corrected chi connectivity index (χ1v) is 9.80. The molecule has 0 aromatic heterocycles. The van der Waals surface area contributed by atoms with Gasteiger partial charge in [-0.15, -0.1) is 6.58 Å². The van der Waals surface area contributed by atoms with E-state index in [0.29, 0.717) is 0 Å². The molecule has 1 amide bonds. The van der Waals surface area contributed by atoms with Gasteiger partial charge in [-0.1, -0.05) is 66.7 Å². The molecule has 2 aliphatic rings. The van der Waals surface area contributed by atoms with Gasteiger partial charge >= 0.3 is 6.09 Å². The fourth-order valence-corrected chi connectivity index (χ4v) is 4.74. The lowest BCUT2D eigenvalue weighted by Crippen LogP contribution is -2.52. The number of amides is 1. The Hall–Kier alpha value is -2.92. The zero-order valence-electron chi connectivity index (χ0n) is 16.7. The van der Waals surface area contributed by atoms with Crippen molar-refractivity contribution in [2.45, 2.75) is 37.1 Å². The Morgan fingerprint density at radius 3 is 2.21 bits per heavy atom. The molecule has 1 unspecified atom stereocenters.